The number of nitrogens with zero attached hydrogens (tertiary/aromatic N) is 1. The van der Waals surface area contributed by atoms with Gasteiger partial charge < -0.3 is 5.32 Å². The molecule has 0 aliphatic carbocycles. The zero-order valence-electron chi connectivity index (χ0n) is 10.5. The zero-order chi connectivity index (χ0) is 13.0. The number of hydrogen-bond acceptors (Lipinski definition) is 2. The predicted octanol–water partition coefficient (Wildman–Crippen LogP) is 3.94. The molecule has 0 spiro atoms. The molecule has 1 N–H and O–H groups in total. The van der Waals surface area contributed by atoms with Crippen LogP contribution in [0, 0.1) is 0 Å². The van der Waals surface area contributed by atoms with Gasteiger partial charge in [-0.05, 0) is 56.0 Å². The Labute approximate surface area is 136 Å². The third-order valence-corrected chi connectivity index (χ3v) is 5.18. The zero-order valence-corrected chi connectivity index (χ0v) is 14.5. The summed E-state index contributed by atoms with van der Waals surface area (Å²) in [7, 11) is 0. The van der Waals surface area contributed by atoms with E-state index < -0.39 is 0 Å². The molecule has 2 nitrogen and oxygen atoms in total. The van der Waals surface area contributed by atoms with Gasteiger partial charge in [0.05, 0.1) is 6.67 Å². The molecule has 0 bridgehead atoms. The summed E-state index contributed by atoms with van der Waals surface area (Å²) in [6.07, 6.45) is 0.564. The summed E-state index contributed by atoms with van der Waals surface area (Å²) < 4.78 is 14.9. The lowest BCUT2D eigenvalue weighted by Crippen LogP contribution is -2.45. The van der Waals surface area contributed by atoms with Crippen molar-refractivity contribution in [1.29, 1.82) is 0 Å². The third kappa shape index (κ3) is 4.67. The molecule has 2 rings (SSSR count). The van der Waals surface area contributed by atoms with Crippen molar-refractivity contribution in [2.24, 2.45) is 0 Å². The second kappa shape index (κ2) is 8.57. The topological polar surface area (TPSA) is 15.3 Å². The number of piperazine rings is 1. The molecule has 1 saturated heterocycles. The summed E-state index contributed by atoms with van der Waals surface area (Å²) in [6.45, 7) is 3.67. The number of halogens is 4. The average molecular weight is 417 g/mol. The lowest BCUT2D eigenvalue weighted by molar-refractivity contribution is 0.157. The Balaban J connectivity index is 0.00000180. The predicted molar refractivity (Wildman–Crippen MR) is 86.9 cm³/mol. The second-order valence-corrected chi connectivity index (χ2v) is 6.16. The Morgan fingerprint density at radius 1 is 1.21 bits per heavy atom. The molecular weight excluding hydrogens is 398 g/mol. The van der Waals surface area contributed by atoms with Crippen LogP contribution in [0.15, 0.2) is 27.1 Å². The largest absolute Gasteiger partial charge is 0.314 e. The van der Waals surface area contributed by atoms with E-state index in [0.29, 0.717) is 6.42 Å². The monoisotopic (exact) mass is 414 g/mol. The van der Waals surface area contributed by atoms with Gasteiger partial charge in [-0.1, -0.05) is 6.07 Å². The first kappa shape index (κ1) is 17.4. The molecule has 1 aromatic carbocycles. The van der Waals surface area contributed by atoms with E-state index >= 15 is 0 Å². The van der Waals surface area contributed by atoms with Crippen LogP contribution in [0.5, 0.6) is 0 Å². The standard InChI is InChI=1S/C13H17Br2FN2.ClH/c14-11-2-1-10(9-12(11)15)13(3-4-16)18-7-5-17-6-8-18;/h1-2,9,13,17H,3-8H2;1H/t13-;/m1./s1. The van der Waals surface area contributed by atoms with Gasteiger partial charge in [-0.3, -0.25) is 9.29 Å². The van der Waals surface area contributed by atoms with E-state index in [9.17, 15) is 4.39 Å². The van der Waals surface area contributed by atoms with Gasteiger partial charge in [-0.15, -0.1) is 12.4 Å². The van der Waals surface area contributed by atoms with Gasteiger partial charge in [-0.25, -0.2) is 0 Å². The quantitative estimate of drug-likeness (QED) is 0.800. The van der Waals surface area contributed by atoms with Crippen LogP contribution in [0.4, 0.5) is 4.39 Å². The highest BCUT2D eigenvalue weighted by atomic mass is 79.9. The van der Waals surface area contributed by atoms with Crippen LogP contribution in [0.1, 0.15) is 18.0 Å². The lowest BCUT2D eigenvalue weighted by Gasteiger charge is -2.35. The maximum absolute atomic E-state index is 12.8. The minimum atomic E-state index is -0.276. The number of nitrogens with one attached hydrogen (secondary N) is 1. The Kier molecular flexibility index (Phi) is 7.84. The fraction of sp³-hybridized carbons (Fsp3) is 0.538. The highest BCUT2D eigenvalue weighted by Gasteiger charge is 2.22. The number of rotatable bonds is 4. The summed E-state index contributed by atoms with van der Waals surface area (Å²) >= 11 is 6.99. The van der Waals surface area contributed by atoms with Crippen LogP contribution in [0.3, 0.4) is 0 Å². The molecule has 0 saturated carbocycles. The summed E-state index contributed by atoms with van der Waals surface area (Å²) in [5.74, 6) is 0. The van der Waals surface area contributed by atoms with Crippen LogP contribution in [-0.4, -0.2) is 37.8 Å². The van der Waals surface area contributed by atoms with Gasteiger partial charge in [-0.2, -0.15) is 0 Å². The number of alkyl halides is 1. The molecule has 0 aromatic heterocycles. The maximum Gasteiger partial charge on any atom is 0.0912 e. The van der Waals surface area contributed by atoms with Crippen molar-refractivity contribution in [2.45, 2.75) is 12.5 Å². The maximum atomic E-state index is 12.8. The lowest BCUT2D eigenvalue weighted by atomic mass is 10.0. The highest BCUT2D eigenvalue weighted by Crippen LogP contribution is 2.31. The molecule has 1 aliphatic rings. The van der Waals surface area contributed by atoms with Crippen LogP contribution in [-0.2, 0) is 0 Å². The molecular formula is C13H18Br2ClFN2. The second-order valence-electron chi connectivity index (χ2n) is 4.45. The van der Waals surface area contributed by atoms with Crippen LogP contribution in [0.25, 0.3) is 0 Å². The van der Waals surface area contributed by atoms with Gasteiger partial charge >= 0.3 is 0 Å². The van der Waals surface area contributed by atoms with Gasteiger partial charge in [0.25, 0.3) is 0 Å². The molecule has 19 heavy (non-hydrogen) atoms. The number of hydrogen-bond donors (Lipinski definition) is 1. The van der Waals surface area contributed by atoms with E-state index in [1.807, 2.05) is 6.07 Å². The Bertz CT molecular complexity index is 400. The summed E-state index contributed by atoms with van der Waals surface area (Å²) in [6, 6.07) is 6.37. The molecule has 0 amide bonds. The van der Waals surface area contributed by atoms with Crippen LogP contribution >= 0.6 is 44.3 Å². The minimum absolute atomic E-state index is 0. The van der Waals surface area contributed by atoms with Crippen molar-refractivity contribution in [3.63, 3.8) is 0 Å². The fourth-order valence-corrected chi connectivity index (χ4v) is 3.02. The first-order chi connectivity index (χ1) is 8.72. The Morgan fingerprint density at radius 3 is 2.47 bits per heavy atom. The van der Waals surface area contributed by atoms with E-state index in [4.69, 9.17) is 0 Å². The van der Waals surface area contributed by atoms with Gasteiger partial charge in [0.2, 0.25) is 0 Å². The van der Waals surface area contributed by atoms with E-state index in [1.165, 1.54) is 5.56 Å². The van der Waals surface area contributed by atoms with E-state index in [2.05, 4.69) is 54.2 Å². The first-order valence-electron chi connectivity index (χ1n) is 6.18. The van der Waals surface area contributed by atoms with Crippen molar-refractivity contribution < 1.29 is 4.39 Å². The Hall–Kier alpha value is 0.320. The first-order valence-corrected chi connectivity index (χ1v) is 7.76. The van der Waals surface area contributed by atoms with Crippen LogP contribution in [0.2, 0.25) is 0 Å². The molecule has 6 heteroatoms. The molecule has 1 aromatic rings. The smallest absolute Gasteiger partial charge is 0.0912 e. The van der Waals surface area contributed by atoms with Crippen molar-refractivity contribution >= 4 is 44.3 Å². The Morgan fingerprint density at radius 2 is 1.89 bits per heavy atom. The molecule has 1 aliphatic heterocycles. The summed E-state index contributed by atoms with van der Waals surface area (Å²) in [5, 5.41) is 3.33. The molecule has 1 fully saturated rings. The average Bonchev–Trinajstić information content (AvgIpc) is 2.40. The molecule has 108 valence electrons. The van der Waals surface area contributed by atoms with Gasteiger partial charge in [0, 0.05) is 41.2 Å². The fourth-order valence-electron chi connectivity index (χ4n) is 2.38. The van der Waals surface area contributed by atoms with Crippen molar-refractivity contribution in [3.05, 3.63) is 32.7 Å². The van der Waals surface area contributed by atoms with E-state index in [1.54, 1.807) is 0 Å². The minimum Gasteiger partial charge on any atom is -0.314 e. The van der Waals surface area contributed by atoms with Gasteiger partial charge in [0.1, 0.15) is 0 Å². The summed E-state index contributed by atoms with van der Waals surface area (Å²) in [5.41, 5.74) is 1.18. The molecule has 0 radical (unpaired) electrons. The van der Waals surface area contributed by atoms with Crippen LogP contribution < -0.4 is 5.32 Å². The van der Waals surface area contributed by atoms with Crippen molar-refractivity contribution in [3.8, 4) is 0 Å². The SMILES string of the molecule is Cl.FCC[C@H](c1ccc(Br)c(Br)c1)N1CCNCC1. The normalized spacial score (nSPS) is 17.8. The van der Waals surface area contributed by atoms with Crippen molar-refractivity contribution in [2.75, 3.05) is 32.9 Å². The number of benzene rings is 1. The van der Waals surface area contributed by atoms with E-state index in [-0.39, 0.29) is 25.1 Å². The van der Waals surface area contributed by atoms with Crippen molar-refractivity contribution in [1.82, 2.24) is 10.2 Å². The molecule has 0 unspecified atom stereocenters. The third-order valence-electron chi connectivity index (χ3n) is 3.30. The summed E-state index contributed by atoms with van der Waals surface area (Å²) in [4.78, 5) is 2.37. The molecule has 1 atom stereocenters. The molecule has 1 heterocycles. The van der Waals surface area contributed by atoms with E-state index in [0.717, 1.165) is 35.1 Å². The van der Waals surface area contributed by atoms with Gasteiger partial charge in [0.15, 0.2) is 0 Å². The highest BCUT2D eigenvalue weighted by molar-refractivity contribution is 9.13.